The van der Waals surface area contributed by atoms with Crippen molar-refractivity contribution in [2.75, 3.05) is 0 Å². The van der Waals surface area contributed by atoms with Crippen molar-refractivity contribution in [3.63, 3.8) is 0 Å². The van der Waals surface area contributed by atoms with Gasteiger partial charge in [-0.05, 0) is 6.42 Å². The minimum Gasteiger partial charge on any atom is -0.262 e. The molecule has 0 unspecified atom stereocenters. The first-order chi connectivity index (χ1) is 5.86. The summed E-state index contributed by atoms with van der Waals surface area (Å²) in [4.78, 5) is 4.15. The van der Waals surface area contributed by atoms with E-state index in [1.807, 2.05) is 6.07 Å². The molecule has 0 saturated heterocycles. The van der Waals surface area contributed by atoms with Crippen LogP contribution in [0.2, 0.25) is 0 Å². The minimum atomic E-state index is 0.319. The molecule has 1 heterocycles. The van der Waals surface area contributed by atoms with Gasteiger partial charge in [0.1, 0.15) is 5.82 Å². The Kier molecular flexibility index (Phi) is 3.27. The molecule has 4 heteroatoms. The largest absolute Gasteiger partial charge is 0.262 e. The lowest BCUT2D eigenvalue weighted by atomic mass is 10.2. The second kappa shape index (κ2) is 4.50. The summed E-state index contributed by atoms with van der Waals surface area (Å²) in [5.74, 6) is 1.49. The first-order valence-electron chi connectivity index (χ1n) is 4.14. The van der Waals surface area contributed by atoms with Crippen molar-refractivity contribution in [3.05, 3.63) is 11.6 Å². The Morgan fingerprint density at radius 3 is 3.08 bits per heavy atom. The monoisotopic (exact) mass is 164 g/mol. The summed E-state index contributed by atoms with van der Waals surface area (Å²) >= 11 is 0. The number of nitrogens with zero attached hydrogens (tertiary/aromatic N) is 3. The van der Waals surface area contributed by atoms with Crippen molar-refractivity contribution in [3.8, 4) is 6.07 Å². The first-order valence-corrected chi connectivity index (χ1v) is 4.14. The van der Waals surface area contributed by atoms with Crippen LogP contribution in [0.3, 0.4) is 0 Å². The molecule has 0 spiro atoms. The number of hydrogen-bond donors (Lipinski definition) is 1. The third-order valence-corrected chi connectivity index (χ3v) is 1.58. The summed E-state index contributed by atoms with van der Waals surface area (Å²) in [7, 11) is 0. The van der Waals surface area contributed by atoms with E-state index < -0.39 is 0 Å². The van der Waals surface area contributed by atoms with E-state index in [0.29, 0.717) is 12.2 Å². The number of hydrogen-bond acceptors (Lipinski definition) is 3. The zero-order valence-electron chi connectivity index (χ0n) is 7.17. The topological polar surface area (TPSA) is 65.4 Å². The number of aromatic amines is 1. The van der Waals surface area contributed by atoms with Gasteiger partial charge in [-0.3, -0.25) is 5.10 Å². The number of nitrogens with one attached hydrogen (secondary N) is 1. The van der Waals surface area contributed by atoms with Crippen molar-refractivity contribution in [2.24, 2.45) is 0 Å². The van der Waals surface area contributed by atoms with Crippen LogP contribution < -0.4 is 0 Å². The van der Waals surface area contributed by atoms with Crippen LogP contribution in [-0.2, 0) is 12.8 Å². The molecule has 12 heavy (non-hydrogen) atoms. The van der Waals surface area contributed by atoms with Crippen LogP contribution in [0, 0.1) is 11.3 Å². The Hall–Kier alpha value is -1.37. The van der Waals surface area contributed by atoms with E-state index in [1.165, 1.54) is 0 Å². The van der Waals surface area contributed by atoms with Gasteiger partial charge in [0, 0.05) is 6.42 Å². The molecular formula is C8H12N4. The highest BCUT2D eigenvalue weighted by atomic mass is 15.2. The molecule has 0 atom stereocenters. The highest BCUT2D eigenvalue weighted by Gasteiger charge is 2.00. The van der Waals surface area contributed by atoms with Crippen LogP contribution in [-0.4, -0.2) is 15.2 Å². The standard InChI is InChI=1S/C8H12N4/c1-2-3-4-7-10-8(5-6-9)12-11-7/h2-5H2,1H3,(H,10,11,12). The summed E-state index contributed by atoms with van der Waals surface area (Å²) in [6, 6.07) is 2.02. The summed E-state index contributed by atoms with van der Waals surface area (Å²) in [6.07, 6.45) is 3.46. The van der Waals surface area contributed by atoms with Gasteiger partial charge < -0.3 is 0 Å². The maximum Gasteiger partial charge on any atom is 0.150 e. The second-order valence-corrected chi connectivity index (χ2v) is 2.64. The van der Waals surface area contributed by atoms with E-state index in [9.17, 15) is 0 Å². The highest BCUT2D eigenvalue weighted by Crippen LogP contribution is 1.99. The summed E-state index contributed by atoms with van der Waals surface area (Å²) < 4.78 is 0. The number of rotatable bonds is 4. The molecule has 1 aromatic rings. The molecule has 0 aliphatic heterocycles. The average molecular weight is 164 g/mol. The molecule has 0 aliphatic rings. The first kappa shape index (κ1) is 8.72. The van der Waals surface area contributed by atoms with E-state index in [2.05, 4.69) is 22.1 Å². The third kappa shape index (κ3) is 2.35. The number of unbranched alkanes of at least 4 members (excludes halogenated alkanes) is 1. The highest BCUT2D eigenvalue weighted by molar-refractivity contribution is 4.96. The molecule has 0 aliphatic carbocycles. The van der Waals surface area contributed by atoms with Gasteiger partial charge in [0.25, 0.3) is 0 Å². The normalized spacial score (nSPS) is 9.67. The van der Waals surface area contributed by atoms with Crippen LogP contribution in [0.5, 0.6) is 0 Å². The van der Waals surface area contributed by atoms with Crippen molar-refractivity contribution in [1.82, 2.24) is 15.2 Å². The van der Waals surface area contributed by atoms with Gasteiger partial charge in [-0.1, -0.05) is 13.3 Å². The number of aryl methyl sites for hydroxylation is 1. The molecule has 64 valence electrons. The molecule has 0 fully saturated rings. The third-order valence-electron chi connectivity index (χ3n) is 1.58. The predicted octanol–water partition coefficient (Wildman–Crippen LogP) is 1.21. The second-order valence-electron chi connectivity index (χ2n) is 2.64. The van der Waals surface area contributed by atoms with Crippen LogP contribution in [0.25, 0.3) is 0 Å². The Morgan fingerprint density at radius 2 is 2.42 bits per heavy atom. The Bertz CT molecular complexity index is 271. The van der Waals surface area contributed by atoms with E-state index in [-0.39, 0.29) is 0 Å². The molecule has 0 radical (unpaired) electrons. The average Bonchev–Trinajstić information content (AvgIpc) is 2.50. The van der Waals surface area contributed by atoms with Crippen molar-refractivity contribution >= 4 is 0 Å². The molecule has 0 bridgehead atoms. The molecule has 1 N–H and O–H groups in total. The van der Waals surface area contributed by atoms with Crippen LogP contribution in [0.1, 0.15) is 31.4 Å². The van der Waals surface area contributed by atoms with Gasteiger partial charge in [0.15, 0.2) is 5.82 Å². The Labute approximate surface area is 71.6 Å². The molecule has 0 amide bonds. The quantitative estimate of drug-likeness (QED) is 0.727. The fourth-order valence-electron chi connectivity index (χ4n) is 0.935. The summed E-state index contributed by atoms with van der Waals surface area (Å²) in [5, 5.41) is 15.1. The lowest BCUT2D eigenvalue weighted by molar-refractivity contribution is 0.755. The van der Waals surface area contributed by atoms with Crippen molar-refractivity contribution in [1.29, 1.82) is 5.26 Å². The summed E-state index contributed by atoms with van der Waals surface area (Å²) in [5.41, 5.74) is 0. The van der Waals surface area contributed by atoms with E-state index in [4.69, 9.17) is 5.26 Å². The zero-order valence-corrected chi connectivity index (χ0v) is 7.17. The maximum absolute atomic E-state index is 8.37. The van der Waals surface area contributed by atoms with Crippen LogP contribution in [0.15, 0.2) is 0 Å². The number of nitriles is 1. The van der Waals surface area contributed by atoms with Gasteiger partial charge in [-0.2, -0.15) is 10.4 Å². The molecule has 1 aromatic heterocycles. The Morgan fingerprint density at radius 1 is 1.58 bits per heavy atom. The molecule has 0 aromatic carbocycles. The van der Waals surface area contributed by atoms with Gasteiger partial charge in [-0.25, -0.2) is 4.98 Å². The number of aromatic nitrogens is 3. The van der Waals surface area contributed by atoms with Crippen molar-refractivity contribution < 1.29 is 0 Å². The molecule has 4 nitrogen and oxygen atoms in total. The molecule has 0 saturated carbocycles. The molecular weight excluding hydrogens is 152 g/mol. The van der Waals surface area contributed by atoms with Crippen molar-refractivity contribution in [2.45, 2.75) is 32.6 Å². The lowest BCUT2D eigenvalue weighted by Crippen LogP contribution is -1.88. The maximum atomic E-state index is 8.37. The van der Waals surface area contributed by atoms with Gasteiger partial charge in [0.05, 0.1) is 12.5 Å². The SMILES string of the molecule is CCCCc1n[nH]c(CC#N)n1. The summed E-state index contributed by atoms with van der Waals surface area (Å²) in [6.45, 7) is 2.13. The van der Waals surface area contributed by atoms with Gasteiger partial charge in [-0.15, -0.1) is 0 Å². The lowest BCUT2D eigenvalue weighted by Gasteiger charge is -1.88. The molecule has 1 rings (SSSR count). The fourth-order valence-corrected chi connectivity index (χ4v) is 0.935. The van der Waals surface area contributed by atoms with Crippen LogP contribution >= 0.6 is 0 Å². The fraction of sp³-hybridized carbons (Fsp3) is 0.625. The van der Waals surface area contributed by atoms with E-state index >= 15 is 0 Å². The number of H-pyrrole nitrogens is 1. The zero-order chi connectivity index (χ0) is 8.81. The predicted molar refractivity (Wildman–Crippen MR) is 44.3 cm³/mol. The van der Waals surface area contributed by atoms with E-state index in [0.717, 1.165) is 25.1 Å². The van der Waals surface area contributed by atoms with Gasteiger partial charge >= 0.3 is 0 Å². The van der Waals surface area contributed by atoms with E-state index in [1.54, 1.807) is 0 Å². The van der Waals surface area contributed by atoms with Gasteiger partial charge in [0.2, 0.25) is 0 Å². The minimum absolute atomic E-state index is 0.319. The Balaban J connectivity index is 2.48. The smallest absolute Gasteiger partial charge is 0.150 e. The van der Waals surface area contributed by atoms with Crippen LogP contribution in [0.4, 0.5) is 0 Å².